The van der Waals surface area contributed by atoms with Gasteiger partial charge in [-0.2, -0.15) is 5.10 Å². The fourth-order valence-electron chi connectivity index (χ4n) is 4.31. The molecule has 1 amide bonds. The van der Waals surface area contributed by atoms with Crippen molar-refractivity contribution < 1.29 is 29.0 Å². The van der Waals surface area contributed by atoms with E-state index in [1.54, 1.807) is 18.2 Å². The van der Waals surface area contributed by atoms with Crippen LogP contribution in [0.2, 0.25) is 0 Å². The molecule has 0 aromatic heterocycles. The van der Waals surface area contributed by atoms with Crippen LogP contribution in [0.4, 0.5) is 4.39 Å². The van der Waals surface area contributed by atoms with Crippen LogP contribution in [0.5, 0.6) is 0 Å². The molecule has 0 saturated carbocycles. The summed E-state index contributed by atoms with van der Waals surface area (Å²) >= 11 is 0. The quantitative estimate of drug-likeness (QED) is 0.276. The number of hydrazone groups is 1. The number of carbonyl (C=O) groups is 3. The van der Waals surface area contributed by atoms with Crippen molar-refractivity contribution in [3.05, 3.63) is 58.6 Å². The number of rotatable bonds is 5. The molecule has 170 valence electrons. The molecule has 1 aromatic rings. The Balaban J connectivity index is 1.81. The number of aliphatic hydroxyl groups excluding tert-OH is 1. The molecule has 0 aliphatic heterocycles. The van der Waals surface area contributed by atoms with E-state index in [-0.39, 0.29) is 47.7 Å². The van der Waals surface area contributed by atoms with E-state index in [1.807, 2.05) is 20.8 Å². The lowest BCUT2D eigenvalue weighted by Crippen LogP contribution is -2.47. The summed E-state index contributed by atoms with van der Waals surface area (Å²) < 4.78 is 13.3. The Bertz CT molecular complexity index is 1040. The fraction of sp³-hybridized carbons (Fsp3) is 0.417. The van der Waals surface area contributed by atoms with Gasteiger partial charge in [-0.25, -0.2) is 9.82 Å². The van der Waals surface area contributed by atoms with Crippen molar-refractivity contribution in [1.82, 2.24) is 5.43 Å². The van der Waals surface area contributed by atoms with Crippen LogP contribution in [0.1, 0.15) is 57.9 Å². The van der Waals surface area contributed by atoms with E-state index in [0.717, 1.165) is 11.8 Å². The smallest absolute Gasteiger partial charge is 0.319 e. The Hall–Kier alpha value is -3.29. The largest absolute Gasteiger partial charge is 0.511 e. The zero-order valence-electron chi connectivity index (χ0n) is 18.3. The van der Waals surface area contributed by atoms with Gasteiger partial charge in [0.25, 0.3) is 5.91 Å². The first kappa shape index (κ1) is 23.4. The third-order valence-electron chi connectivity index (χ3n) is 6.25. The van der Waals surface area contributed by atoms with Crippen molar-refractivity contribution in [3.8, 4) is 0 Å². The van der Waals surface area contributed by atoms with Crippen LogP contribution in [0.3, 0.4) is 0 Å². The van der Waals surface area contributed by atoms with E-state index >= 15 is 0 Å². The average Bonchev–Trinajstić information content (AvgIpc) is 2.70. The molecule has 3 rings (SSSR count). The molecule has 8 heteroatoms. The zero-order valence-corrected chi connectivity index (χ0v) is 18.3. The van der Waals surface area contributed by atoms with Gasteiger partial charge in [0.2, 0.25) is 0 Å². The van der Waals surface area contributed by atoms with E-state index in [9.17, 15) is 29.0 Å². The maximum absolute atomic E-state index is 13.3. The summed E-state index contributed by atoms with van der Waals surface area (Å²) in [7, 11) is 0. The van der Waals surface area contributed by atoms with Crippen LogP contribution < -0.4 is 5.43 Å². The van der Waals surface area contributed by atoms with Crippen LogP contribution in [0.25, 0.3) is 0 Å². The maximum atomic E-state index is 13.3. The van der Waals surface area contributed by atoms with Crippen LogP contribution in [0.15, 0.2) is 52.3 Å². The van der Waals surface area contributed by atoms with Crippen molar-refractivity contribution in [2.24, 2.45) is 15.9 Å². The Kier molecular flexibility index (Phi) is 6.34. The molecular formula is C24H27FN2O5. The number of hydrogen-bond acceptors (Lipinski definition) is 5. The summed E-state index contributed by atoms with van der Waals surface area (Å²) in [5.41, 5.74) is 1.73. The van der Waals surface area contributed by atoms with Gasteiger partial charge in [0, 0.05) is 18.8 Å². The predicted molar refractivity (Wildman–Crippen MR) is 117 cm³/mol. The number of Topliss-reactive ketones (excluding diaryl/α,β-unsaturated/α-hetero) is 1. The molecule has 7 nitrogen and oxygen atoms in total. The molecular weight excluding hydrogens is 415 g/mol. The number of aliphatic hydroxyl groups is 1. The number of aliphatic carboxylic acids is 1. The number of carboxylic acid groups (broad SMARTS) is 1. The number of allylic oxidation sites excluding steroid dienone is 4. The standard InChI is InChI=1S/C24H27FN2O5/c1-14-8-9-24(22(31)32,10-17(14)15-4-6-16(25)7-5-15)21(30)27-26-13-18-19(28)11-23(2,3)12-20(18)29/h4-8,13,17,28H,9-12H2,1-3H3,(H,27,30)(H,31,32). The average molecular weight is 442 g/mol. The van der Waals surface area contributed by atoms with Gasteiger partial charge in [0.05, 0.1) is 11.8 Å². The summed E-state index contributed by atoms with van der Waals surface area (Å²) in [6.45, 7) is 5.58. The van der Waals surface area contributed by atoms with E-state index in [0.29, 0.717) is 12.0 Å². The van der Waals surface area contributed by atoms with Crippen molar-refractivity contribution in [1.29, 1.82) is 0 Å². The van der Waals surface area contributed by atoms with E-state index in [4.69, 9.17) is 0 Å². The second-order valence-electron chi connectivity index (χ2n) is 9.35. The van der Waals surface area contributed by atoms with Crippen molar-refractivity contribution >= 4 is 23.9 Å². The second-order valence-corrected chi connectivity index (χ2v) is 9.35. The molecule has 2 aliphatic rings. The number of ketones is 1. The number of benzene rings is 1. The molecule has 0 saturated heterocycles. The Morgan fingerprint density at radius 1 is 1.22 bits per heavy atom. The highest BCUT2D eigenvalue weighted by atomic mass is 19.1. The van der Waals surface area contributed by atoms with Gasteiger partial charge in [-0.1, -0.05) is 37.6 Å². The fourth-order valence-corrected chi connectivity index (χ4v) is 4.31. The Labute approximate surface area is 185 Å². The Morgan fingerprint density at radius 3 is 2.47 bits per heavy atom. The highest BCUT2D eigenvalue weighted by Crippen LogP contribution is 2.44. The van der Waals surface area contributed by atoms with Gasteiger partial charge < -0.3 is 10.2 Å². The zero-order chi connectivity index (χ0) is 23.7. The minimum atomic E-state index is -1.77. The van der Waals surface area contributed by atoms with Gasteiger partial charge in [-0.3, -0.25) is 14.4 Å². The van der Waals surface area contributed by atoms with Crippen molar-refractivity contribution in [3.63, 3.8) is 0 Å². The van der Waals surface area contributed by atoms with Crippen molar-refractivity contribution in [2.75, 3.05) is 0 Å². The van der Waals surface area contributed by atoms with Gasteiger partial charge in [0.15, 0.2) is 11.2 Å². The van der Waals surface area contributed by atoms with E-state index < -0.39 is 23.1 Å². The lowest BCUT2D eigenvalue weighted by Gasteiger charge is -2.35. The number of halogens is 1. The molecule has 2 aliphatic carbocycles. The molecule has 0 bridgehead atoms. The summed E-state index contributed by atoms with van der Waals surface area (Å²) in [5, 5.41) is 23.9. The van der Waals surface area contributed by atoms with Crippen LogP contribution in [0, 0.1) is 16.6 Å². The van der Waals surface area contributed by atoms with Gasteiger partial charge >= 0.3 is 5.97 Å². The first-order valence-corrected chi connectivity index (χ1v) is 10.4. The molecule has 0 radical (unpaired) electrons. The van der Waals surface area contributed by atoms with E-state index in [2.05, 4.69) is 10.5 Å². The third-order valence-corrected chi connectivity index (χ3v) is 6.25. The molecule has 2 unspecified atom stereocenters. The molecule has 0 heterocycles. The number of hydrogen-bond donors (Lipinski definition) is 3. The first-order chi connectivity index (χ1) is 14.9. The van der Waals surface area contributed by atoms with Gasteiger partial charge in [-0.15, -0.1) is 0 Å². The summed E-state index contributed by atoms with van der Waals surface area (Å²) in [4.78, 5) is 37.4. The molecule has 2 atom stereocenters. The molecule has 1 aromatic carbocycles. The van der Waals surface area contributed by atoms with Gasteiger partial charge in [-0.05, 0) is 42.9 Å². The van der Waals surface area contributed by atoms with Crippen LogP contribution >= 0.6 is 0 Å². The Morgan fingerprint density at radius 2 is 1.88 bits per heavy atom. The van der Waals surface area contributed by atoms with Crippen LogP contribution in [-0.4, -0.2) is 34.1 Å². The monoisotopic (exact) mass is 442 g/mol. The van der Waals surface area contributed by atoms with Crippen molar-refractivity contribution in [2.45, 2.75) is 52.4 Å². The number of nitrogens with one attached hydrogen (secondary N) is 1. The number of carbonyl (C=O) groups excluding carboxylic acids is 2. The second kappa shape index (κ2) is 8.68. The summed E-state index contributed by atoms with van der Waals surface area (Å²) in [5.74, 6) is -3.29. The minimum Gasteiger partial charge on any atom is -0.511 e. The minimum absolute atomic E-state index is 0.0116. The number of nitrogens with zero attached hydrogens (tertiary/aromatic N) is 1. The highest BCUT2D eigenvalue weighted by molar-refractivity contribution is 6.14. The summed E-state index contributed by atoms with van der Waals surface area (Å²) in [6, 6.07) is 5.76. The topological polar surface area (TPSA) is 116 Å². The lowest BCUT2D eigenvalue weighted by molar-refractivity contribution is -0.157. The third kappa shape index (κ3) is 4.64. The SMILES string of the molecule is CC1=CCC(C(=O)O)(C(=O)NN=CC2=C(O)CC(C)(C)CC2=O)CC1c1ccc(F)cc1. The summed E-state index contributed by atoms with van der Waals surface area (Å²) in [6.07, 6.45) is 3.27. The molecule has 0 fully saturated rings. The highest BCUT2D eigenvalue weighted by Gasteiger charge is 2.49. The normalized spacial score (nSPS) is 25.6. The van der Waals surface area contributed by atoms with E-state index in [1.165, 1.54) is 12.1 Å². The molecule has 32 heavy (non-hydrogen) atoms. The lowest BCUT2D eigenvalue weighted by atomic mass is 9.68. The van der Waals surface area contributed by atoms with Crippen LogP contribution in [-0.2, 0) is 14.4 Å². The maximum Gasteiger partial charge on any atom is 0.319 e. The van der Waals surface area contributed by atoms with Gasteiger partial charge in [0.1, 0.15) is 11.6 Å². The molecule has 3 N–H and O–H groups in total. The number of carboxylic acids is 1. The first-order valence-electron chi connectivity index (χ1n) is 10.4. The molecule has 0 spiro atoms. The number of amides is 1. The predicted octanol–water partition coefficient (Wildman–Crippen LogP) is 4.02.